The molecule has 0 saturated heterocycles. The second-order valence-corrected chi connectivity index (χ2v) is 7.11. The lowest BCUT2D eigenvalue weighted by atomic mass is 10.0. The molecule has 1 saturated carbocycles. The van der Waals surface area contributed by atoms with Crippen LogP contribution in [-0.4, -0.2) is 20.5 Å². The zero-order chi connectivity index (χ0) is 15.6. The Labute approximate surface area is 130 Å². The van der Waals surface area contributed by atoms with E-state index in [1.165, 1.54) is 6.20 Å². The number of methoxy groups -OCH3 is 1. The molecule has 0 unspecified atom stereocenters. The molecule has 1 heterocycles. The Bertz CT molecular complexity index is 726. The van der Waals surface area contributed by atoms with Crippen LogP contribution in [0.1, 0.15) is 24.4 Å². The highest BCUT2D eigenvalue weighted by atomic mass is 32.2. The topological polar surface area (TPSA) is 68.3 Å². The van der Waals surface area contributed by atoms with Crippen LogP contribution in [-0.2, 0) is 10.0 Å². The van der Waals surface area contributed by atoms with Crippen molar-refractivity contribution in [3.05, 3.63) is 54.4 Å². The molecular formula is C16H18N2O3S. The zero-order valence-electron chi connectivity index (χ0n) is 12.3. The molecule has 0 bridgehead atoms. The Morgan fingerprint density at radius 2 is 1.95 bits per heavy atom. The van der Waals surface area contributed by atoms with E-state index in [9.17, 15) is 8.42 Å². The van der Waals surface area contributed by atoms with Crippen molar-refractivity contribution < 1.29 is 13.2 Å². The third kappa shape index (κ3) is 3.28. The first-order chi connectivity index (χ1) is 10.6. The van der Waals surface area contributed by atoms with Crippen molar-refractivity contribution in [3.63, 3.8) is 0 Å². The normalized spacial score (nSPS) is 16.2. The second kappa shape index (κ2) is 6.06. The molecule has 0 radical (unpaired) electrons. The Morgan fingerprint density at radius 1 is 1.23 bits per heavy atom. The van der Waals surface area contributed by atoms with Crippen LogP contribution in [0.25, 0.3) is 0 Å². The van der Waals surface area contributed by atoms with Gasteiger partial charge in [0.1, 0.15) is 10.6 Å². The maximum absolute atomic E-state index is 12.5. The van der Waals surface area contributed by atoms with E-state index in [1.807, 2.05) is 24.3 Å². The summed E-state index contributed by atoms with van der Waals surface area (Å²) in [4.78, 5) is 4.07. The minimum Gasteiger partial charge on any atom is -0.497 e. The van der Waals surface area contributed by atoms with Crippen LogP contribution in [0.2, 0.25) is 0 Å². The van der Waals surface area contributed by atoms with E-state index in [-0.39, 0.29) is 10.9 Å². The molecule has 0 spiro atoms. The van der Waals surface area contributed by atoms with Gasteiger partial charge in [-0.2, -0.15) is 0 Å². The Morgan fingerprint density at radius 3 is 2.50 bits per heavy atom. The van der Waals surface area contributed by atoms with Gasteiger partial charge in [0, 0.05) is 18.4 Å². The van der Waals surface area contributed by atoms with Crippen molar-refractivity contribution in [1.82, 2.24) is 9.71 Å². The summed E-state index contributed by atoms with van der Waals surface area (Å²) in [6, 6.07) is 10.5. The zero-order valence-corrected chi connectivity index (χ0v) is 13.1. The monoisotopic (exact) mass is 318 g/mol. The highest BCUT2D eigenvalue weighted by Crippen LogP contribution is 2.42. The minimum absolute atomic E-state index is 0.189. The average molecular weight is 318 g/mol. The average Bonchev–Trinajstić information content (AvgIpc) is 3.38. The molecule has 0 aliphatic heterocycles. The Kier molecular flexibility index (Phi) is 4.13. The van der Waals surface area contributed by atoms with Gasteiger partial charge in [0.15, 0.2) is 0 Å². The van der Waals surface area contributed by atoms with Crippen LogP contribution >= 0.6 is 0 Å². The molecule has 1 aromatic heterocycles. The molecular weight excluding hydrogens is 300 g/mol. The standard InChI is InChI=1S/C16H18N2O3S/c1-21-14-8-6-13(7-9-14)16(12-4-5-12)18-22(19,20)15-3-2-10-17-11-15/h2-3,6-12,16,18H,4-5H2,1H3/t16-/m1/s1. The first-order valence-corrected chi connectivity index (χ1v) is 8.65. The molecule has 3 rings (SSSR count). The number of nitrogens with one attached hydrogen (secondary N) is 1. The van der Waals surface area contributed by atoms with Crippen LogP contribution in [0.4, 0.5) is 0 Å². The number of benzene rings is 1. The van der Waals surface area contributed by atoms with Gasteiger partial charge in [0.05, 0.1) is 7.11 Å². The van der Waals surface area contributed by atoms with E-state index in [4.69, 9.17) is 4.74 Å². The fourth-order valence-electron chi connectivity index (χ4n) is 2.42. The lowest BCUT2D eigenvalue weighted by Gasteiger charge is -2.19. The first kappa shape index (κ1) is 15.0. The quantitative estimate of drug-likeness (QED) is 0.888. The summed E-state index contributed by atoms with van der Waals surface area (Å²) in [6.07, 6.45) is 4.99. The molecule has 6 heteroatoms. The number of sulfonamides is 1. The van der Waals surface area contributed by atoms with E-state index in [1.54, 1.807) is 25.4 Å². The summed E-state index contributed by atoms with van der Waals surface area (Å²) < 4.78 is 33.0. The van der Waals surface area contributed by atoms with Crippen LogP contribution in [0, 0.1) is 5.92 Å². The number of rotatable bonds is 6. The first-order valence-electron chi connectivity index (χ1n) is 7.16. The van der Waals surface area contributed by atoms with Crippen LogP contribution in [0.3, 0.4) is 0 Å². The maximum atomic E-state index is 12.5. The summed E-state index contributed by atoms with van der Waals surface area (Å²) in [5.41, 5.74) is 0.954. The molecule has 116 valence electrons. The number of pyridine rings is 1. The third-order valence-electron chi connectivity index (χ3n) is 3.80. The minimum atomic E-state index is -3.57. The fourth-order valence-corrected chi connectivity index (χ4v) is 3.67. The van der Waals surface area contributed by atoms with Crippen LogP contribution in [0.5, 0.6) is 5.75 Å². The molecule has 1 aromatic carbocycles. The van der Waals surface area contributed by atoms with Crippen molar-refractivity contribution in [2.75, 3.05) is 7.11 Å². The number of nitrogens with zero attached hydrogens (tertiary/aromatic N) is 1. The van der Waals surface area contributed by atoms with Crippen LogP contribution < -0.4 is 9.46 Å². The smallest absolute Gasteiger partial charge is 0.242 e. The third-order valence-corrected chi connectivity index (χ3v) is 5.22. The number of aromatic nitrogens is 1. The van der Waals surface area contributed by atoms with Crippen molar-refractivity contribution in [3.8, 4) is 5.75 Å². The molecule has 5 nitrogen and oxygen atoms in total. The van der Waals surface area contributed by atoms with Gasteiger partial charge in [-0.3, -0.25) is 4.98 Å². The maximum Gasteiger partial charge on any atom is 0.242 e. The van der Waals surface area contributed by atoms with Crippen molar-refractivity contribution >= 4 is 10.0 Å². The predicted molar refractivity (Wildman–Crippen MR) is 83.0 cm³/mol. The number of hydrogen-bond acceptors (Lipinski definition) is 4. The van der Waals surface area contributed by atoms with E-state index < -0.39 is 10.0 Å². The highest BCUT2D eigenvalue weighted by Gasteiger charge is 2.35. The molecule has 1 atom stereocenters. The van der Waals surface area contributed by atoms with Crippen LogP contribution in [0.15, 0.2) is 53.7 Å². The van der Waals surface area contributed by atoms with E-state index in [0.717, 1.165) is 24.2 Å². The van der Waals surface area contributed by atoms with Gasteiger partial charge < -0.3 is 4.74 Å². The van der Waals surface area contributed by atoms with Gasteiger partial charge in [-0.1, -0.05) is 12.1 Å². The Balaban J connectivity index is 1.86. The van der Waals surface area contributed by atoms with Gasteiger partial charge in [0.2, 0.25) is 10.0 Å². The lowest BCUT2D eigenvalue weighted by Crippen LogP contribution is -2.30. The number of hydrogen-bond donors (Lipinski definition) is 1. The summed E-state index contributed by atoms with van der Waals surface area (Å²) in [5, 5.41) is 0. The Hall–Kier alpha value is -1.92. The van der Waals surface area contributed by atoms with Gasteiger partial charge in [0.25, 0.3) is 0 Å². The molecule has 2 aromatic rings. The summed E-state index contributed by atoms with van der Waals surface area (Å²) in [6.45, 7) is 0. The van der Waals surface area contributed by atoms with Gasteiger partial charge in [-0.15, -0.1) is 0 Å². The van der Waals surface area contributed by atoms with E-state index >= 15 is 0 Å². The summed E-state index contributed by atoms with van der Waals surface area (Å²) >= 11 is 0. The van der Waals surface area contributed by atoms with Crippen molar-refractivity contribution in [2.45, 2.75) is 23.8 Å². The summed E-state index contributed by atoms with van der Waals surface area (Å²) in [5.74, 6) is 1.10. The van der Waals surface area contributed by atoms with E-state index in [2.05, 4.69) is 9.71 Å². The molecule has 1 aliphatic rings. The molecule has 1 fully saturated rings. The predicted octanol–water partition coefficient (Wildman–Crippen LogP) is 2.52. The second-order valence-electron chi connectivity index (χ2n) is 5.40. The van der Waals surface area contributed by atoms with Gasteiger partial charge >= 0.3 is 0 Å². The fraction of sp³-hybridized carbons (Fsp3) is 0.312. The SMILES string of the molecule is COc1ccc([C@H](NS(=O)(=O)c2cccnc2)C2CC2)cc1. The number of ether oxygens (including phenoxy) is 1. The van der Waals surface area contributed by atoms with Crippen molar-refractivity contribution in [1.29, 1.82) is 0 Å². The lowest BCUT2D eigenvalue weighted by molar-refractivity contribution is 0.414. The molecule has 0 amide bonds. The summed E-state index contributed by atoms with van der Waals surface area (Å²) in [7, 11) is -1.96. The van der Waals surface area contributed by atoms with Gasteiger partial charge in [-0.05, 0) is 48.6 Å². The highest BCUT2D eigenvalue weighted by molar-refractivity contribution is 7.89. The van der Waals surface area contributed by atoms with Crippen molar-refractivity contribution in [2.24, 2.45) is 5.92 Å². The molecule has 1 aliphatic carbocycles. The van der Waals surface area contributed by atoms with Gasteiger partial charge in [-0.25, -0.2) is 13.1 Å². The molecule has 1 N–H and O–H groups in total. The van der Waals surface area contributed by atoms with E-state index in [0.29, 0.717) is 5.92 Å². The largest absolute Gasteiger partial charge is 0.497 e. The molecule has 22 heavy (non-hydrogen) atoms.